The highest BCUT2D eigenvalue weighted by molar-refractivity contribution is 5.81. The number of carbonyl (C=O) groups excluding carboxylic acids is 3. The van der Waals surface area contributed by atoms with Gasteiger partial charge < -0.3 is 39.1 Å². The number of ether oxygens (including phenoxy) is 6. The molecule has 2 N–H and O–H groups in total. The number of carbonyl (C=O) groups is 3. The molecule has 156 valence electrons. The largest absolute Gasteiger partial charge is 0.454 e. The van der Waals surface area contributed by atoms with E-state index in [2.05, 4.69) is 10.6 Å². The molecule has 1 aliphatic rings. The van der Waals surface area contributed by atoms with Crippen LogP contribution in [0.5, 0.6) is 0 Å². The van der Waals surface area contributed by atoms with E-state index >= 15 is 0 Å². The molecule has 0 radical (unpaired) electrons. The SMILES string of the molecule is O=C1COCC(=O)OCC(=O)NCCOCCOCCOCCOCCN1. The molecule has 1 fully saturated rings. The summed E-state index contributed by atoms with van der Waals surface area (Å²) in [6.07, 6.45) is 0. The highest BCUT2D eigenvalue weighted by Crippen LogP contribution is 1.85. The van der Waals surface area contributed by atoms with E-state index < -0.39 is 25.1 Å². The van der Waals surface area contributed by atoms with Crippen LogP contribution in [0.25, 0.3) is 0 Å². The smallest absolute Gasteiger partial charge is 0.332 e. The van der Waals surface area contributed by atoms with Gasteiger partial charge in [-0.15, -0.1) is 0 Å². The van der Waals surface area contributed by atoms with E-state index in [-0.39, 0.29) is 19.1 Å². The summed E-state index contributed by atoms with van der Waals surface area (Å²) in [5.41, 5.74) is 0. The average Bonchev–Trinajstić information content (AvgIpc) is 2.65. The average molecular weight is 392 g/mol. The monoisotopic (exact) mass is 392 g/mol. The molecule has 1 saturated heterocycles. The predicted molar refractivity (Wildman–Crippen MR) is 91.1 cm³/mol. The summed E-state index contributed by atoms with van der Waals surface area (Å²) in [4.78, 5) is 34.4. The van der Waals surface area contributed by atoms with Crippen molar-refractivity contribution in [2.24, 2.45) is 0 Å². The van der Waals surface area contributed by atoms with Crippen LogP contribution in [0.3, 0.4) is 0 Å². The molecule has 0 aromatic rings. The van der Waals surface area contributed by atoms with Crippen molar-refractivity contribution >= 4 is 17.8 Å². The third-order valence-electron chi connectivity index (χ3n) is 3.07. The molecule has 11 heteroatoms. The zero-order valence-electron chi connectivity index (χ0n) is 15.4. The van der Waals surface area contributed by atoms with E-state index in [1.165, 1.54) is 0 Å². The third-order valence-corrected chi connectivity index (χ3v) is 3.07. The lowest BCUT2D eigenvalue weighted by atomic mass is 10.5. The van der Waals surface area contributed by atoms with Crippen LogP contribution in [0.4, 0.5) is 0 Å². The van der Waals surface area contributed by atoms with E-state index in [9.17, 15) is 14.4 Å². The van der Waals surface area contributed by atoms with Gasteiger partial charge in [0.15, 0.2) is 6.61 Å². The second-order valence-corrected chi connectivity index (χ2v) is 5.30. The van der Waals surface area contributed by atoms with Crippen molar-refractivity contribution in [1.29, 1.82) is 0 Å². The molecule has 0 atom stereocenters. The quantitative estimate of drug-likeness (QED) is 0.443. The molecule has 1 heterocycles. The van der Waals surface area contributed by atoms with Gasteiger partial charge in [-0.3, -0.25) is 9.59 Å². The van der Waals surface area contributed by atoms with Gasteiger partial charge in [0.25, 0.3) is 5.91 Å². The molecule has 0 unspecified atom stereocenters. The van der Waals surface area contributed by atoms with Crippen molar-refractivity contribution in [3.8, 4) is 0 Å². The Hall–Kier alpha value is -1.79. The summed E-state index contributed by atoms with van der Waals surface area (Å²) >= 11 is 0. The lowest BCUT2D eigenvalue weighted by Gasteiger charge is -2.10. The van der Waals surface area contributed by atoms with Crippen LogP contribution in [0, 0.1) is 0 Å². The minimum atomic E-state index is -0.732. The fourth-order valence-corrected chi connectivity index (χ4v) is 1.80. The van der Waals surface area contributed by atoms with Crippen LogP contribution in [-0.2, 0) is 42.8 Å². The predicted octanol–water partition coefficient (Wildman–Crippen LogP) is -2.14. The van der Waals surface area contributed by atoms with Gasteiger partial charge in [-0.2, -0.15) is 0 Å². The van der Waals surface area contributed by atoms with Crippen LogP contribution < -0.4 is 10.6 Å². The Bertz CT molecular complexity index is 434. The van der Waals surface area contributed by atoms with E-state index in [4.69, 9.17) is 28.4 Å². The molecule has 0 aromatic carbocycles. The molecular weight excluding hydrogens is 364 g/mol. The normalized spacial score (nSPS) is 22.0. The number of hydrogen-bond acceptors (Lipinski definition) is 9. The molecular formula is C16H28N2O9. The maximum absolute atomic E-state index is 11.5. The van der Waals surface area contributed by atoms with Gasteiger partial charge in [-0.05, 0) is 0 Å². The molecule has 0 spiro atoms. The van der Waals surface area contributed by atoms with Crippen molar-refractivity contribution in [3.05, 3.63) is 0 Å². The summed E-state index contributed by atoms with van der Waals surface area (Å²) in [5, 5.41) is 5.12. The van der Waals surface area contributed by atoms with Gasteiger partial charge in [-0.25, -0.2) is 4.79 Å². The van der Waals surface area contributed by atoms with Crippen LogP contribution in [0.15, 0.2) is 0 Å². The molecule has 0 aliphatic carbocycles. The molecule has 1 rings (SSSR count). The Morgan fingerprint density at radius 1 is 0.519 bits per heavy atom. The highest BCUT2D eigenvalue weighted by atomic mass is 16.6. The van der Waals surface area contributed by atoms with Crippen LogP contribution in [0.1, 0.15) is 0 Å². The van der Waals surface area contributed by atoms with Gasteiger partial charge in [0, 0.05) is 13.1 Å². The van der Waals surface area contributed by atoms with E-state index in [0.29, 0.717) is 59.4 Å². The van der Waals surface area contributed by atoms with E-state index in [0.717, 1.165) is 0 Å². The maximum atomic E-state index is 11.5. The van der Waals surface area contributed by atoms with Crippen molar-refractivity contribution in [2.75, 3.05) is 85.8 Å². The number of nitrogens with one attached hydrogen (secondary N) is 2. The van der Waals surface area contributed by atoms with Crippen LogP contribution in [-0.4, -0.2) is 104 Å². The maximum Gasteiger partial charge on any atom is 0.332 e. The standard InChI is InChI=1S/C16H28N2O9/c19-14-11-26-13-16(21)27-12-15(20)18-2-4-23-6-8-25-10-9-24-7-5-22-3-1-17-14/h1-13H2,(H,17,19)(H,18,20). The zero-order chi connectivity index (χ0) is 19.6. The van der Waals surface area contributed by atoms with Crippen LogP contribution in [0.2, 0.25) is 0 Å². The van der Waals surface area contributed by atoms with Gasteiger partial charge >= 0.3 is 5.97 Å². The van der Waals surface area contributed by atoms with Gasteiger partial charge in [0.2, 0.25) is 5.91 Å². The Morgan fingerprint density at radius 3 is 1.48 bits per heavy atom. The summed E-state index contributed by atoms with van der Waals surface area (Å²) in [7, 11) is 0. The molecule has 0 saturated carbocycles. The highest BCUT2D eigenvalue weighted by Gasteiger charge is 2.09. The van der Waals surface area contributed by atoms with Gasteiger partial charge in [-0.1, -0.05) is 0 Å². The molecule has 2 amide bonds. The number of rotatable bonds is 0. The fraction of sp³-hybridized carbons (Fsp3) is 0.812. The summed E-state index contributed by atoms with van der Waals surface area (Å²) in [6, 6.07) is 0. The number of amides is 2. The van der Waals surface area contributed by atoms with E-state index in [1.54, 1.807) is 0 Å². The summed E-state index contributed by atoms with van der Waals surface area (Å²) < 4.78 is 30.9. The number of cyclic esters (lactones) is 1. The first-order chi connectivity index (χ1) is 13.2. The van der Waals surface area contributed by atoms with Crippen molar-refractivity contribution in [3.63, 3.8) is 0 Å². The Kier molecular flexibility index (Phi) is 14.1. The lowest BCUT2D eigenvalue weighted by Crippen LogP contribution is -2.33. The van der Waals surface area contributed by atoms with Crippen molar-refractivity contribution < 1.29 is 42.8 Å². The third kappa shape index (κ3) is 15.0. The second-order valence-electron chi connectivity index (χ2n) is 5.30. The summed E-state index contributed by atoms with van der Waals surface area (Å²) in [5.74, 6) is -1.57. The number of hydrogen-bond donors (Lipinski definition) is 2. The van der Waals surface area contributed by atoms with Crippen molar-refractivity contribution in [2.45, 2.75) is 0 Å². The molecule has 0 aromatic heterocycles. The number of esters is 1. The summed E-state index contributed by atoms with van der Waals surface area (Å²) in [6.45, 7) is 2.68. The fourth-order valence-electron chi connectivity index (χ4n) is 1.80. The van der Waals surface area contributed by atoms with Crippen LogP contribution >= 0.6 is 0 Å². The Balaban J connectivity index is 2.24. The Labute approximate surface area is 157 Å². The van der Waals surface area contributed by atoms with Gasteiger partial charge in [0.1, 0.15) is 13.2 Å². The minimum absolute atomic E-state index is 0.288. The Morgan fingerprint density at radius 2 is 0.963 bits per heavy atom. The van der Waals surface area contributed by atoms with Gasteiger partial charge in [0.05, 0.1) is 52.9 Å². The zero-order valence-corrected chi connectivity index (χ0v) is 15.4. The lowest BCUT2D eigenvalue weighted by molar-refractivity contribution is -0.153. The minimum Gasteiger partial charge on any atom is -0.454 e. The second kappa shape index (κ2) is 16.4. The molecule has 1 aliphatic heterocycles. The molecule has 0 bridgehead atoms. The molecule has 11 nitrogen and oxygen atoms in total. The molecule has 27 heavy (non-hydrogen) atoms. The van der Waals surface area contributed by atoms with E-state index in [1.807, 2.05) is 0 Å². The first kappa shape index (κ1) is 23.2. The van der Waals surface area contributed by atoms with Crippen molar-refractivity contribution in [1.82, 2.24) is 10.6 Å². The topological polar surface area (TPSA) is 131 Å². The first-order valence-corrected chi connectivity index (χ1v) is 8.76. The first-order valence-electron chi connectivity index (χ1n) is 8.76.